The number of aryl methyl sites for hydroxylation is 2. The Kier molecular flexibility index (Phi) is 7.49. The van der Waals surface area contributed by atoms with Crippen molar-refractivity contribution in [3.05, 3.63) is 97.8 Å². The van der Waals surface area contributed by atoms with Crippen LogP contribution in [0.1, 0.15) is 38.1 Å². The van der Waals surface area contributed by atoms with E-state index in [1.807, 2.05) is 0 Å². The zero-order chi connectivity index (χ0) is 27.0. The number of aliphatic hydroxyl groups excluding tert-OH is 1. The van der Waals surface area contributed by atoms with Crippen LogP contribution in [0.4, 0.5) is 9.52 Å². The molecule has 37 heavy (non-hydrogen) atoms. The second kappa shape index (κ2) is 10.5. The summed E-state index contributed by atoms with van der Waals surface area (Å²) in [7, 11) is 0. The van der Waals surface area contributed by atoms with Crippen LogP contribution in [0, 0.1) is 19.7 Å². The number of aromatic nitrogens is 1. The molecule has 4 rings (SSSR count). The Labute approximate surface area is 225 Å². The lowest BCUT2D eigenvalue weighted by molar-refractivity contribution is -0.132. The van der Waals surface area contributed by atoms with Crippen molar-refractivity contribution in [1.82, 2.24) is 4.98 Å². The quantitative estimate of drug-likeness (QED) is 0.127. The number of hydrogen-bond donors (Lipinski definition) is 1. The van der Waals surface area contributed by atoms with E-state index in [1.54, 1.807) is 19.9 Å². The van der Waals surface area contributed by atoms with E-state index in [0.717, 1.165) is 22.3 Å². The van der Waals surface area contributed by atoms with Crippen molar-refractivity contribution in [3.63, 3.8) is 0 Å². The van der Waals surface area contributed by atoms with Gasteiger partial charge in [-0.2, -0.15) is 0 Å². The van der Waals surface area contributed by atoms with Gasteiger partial charge >= 0.3 is 11.9 Å². The molecule has 3 aromatic rings. The molecule has 0 saturated carbocycles. The smallest absolute Gasteiger partial charge is 0.350 e. The largest absolute Gasteiger partial charge is 0.507 e. The van der Waals surface area contributed by atoms with Gasteiger partial charge in [-0.3, -0.25) is 14.5 Å². The number of esters is 1. The molecule has 0 radical (unpaired) electrons. The predicted molar refractivity (Wildman–Crippen MR) is 140 cm³/mol. The highest BCUT2D eigenvalue weighted by Gasteiger charge is 2.48. The fourth-order valence-electron chi connectivity index (χ4n) is 3.80. The minimum Gasteiger partial charge on any atom is -0.507 e. The lowest BCUT2D eigenvalue weighted by Crippen LogP contribution is -2.29. The summed E-state index contributed by atoms with van der Waals surface area (Å²) in [4.78, 5) is 44.6. The molecule has 1 N–H and O–H groups in total. The van der Waals surface area contributed by atoms with Crippen LogP contribution in [0.3, 0.4) is 0 Å². The number of ether oxygens (including phenoxy) is 1. The minimum absolute atomic E-state index is 0.00942. The number of benzene rings is 2. The average molecular weight is 561 g/mol. The molecule has 0 aliphatic carbocycles. The predicted octanol–water partition coefficient (Wildman–Crippen LogP) is 6.17. The topological polar surface area (TPSA) is 96.8 Å². The number of nitrogens with zero attached hydrogens (tertiary/aromatic N) is 2. The maximum atomic E-state index is 14.3. The van der Waals surface area contributed by atoms with Crippen molar-refractivity contribution in [2.24, 2.45) is 0 Å². The van der Waals surface area contributed by atoms with Crippen molar-refractivity contribution in [1.29, 1.82) is 0 Å². The number of Topliss-reactive ketones (excluding diaryl/α,β-unsaturated/α-hetero) is 1. The number of hydrogen-bond acceptors (Lipinski definition) is 7. The lowest BCUT2D eigenvalue weighted by Gasteiger charge is -2.23. The molecule has 2 heterocycles. The molecule has 2 aromatic carbocycles. The van der Waals surface area contributed by atoms with E-state index < -0.39 is 35.3 Å². The van der Waals surface area contributed by atoms with E-state index >= 15 is 0 Å². The Hall–Kier alpha value is -3.53. The third-order valence-electron chi connectivity index (χ3n) is 5.66. The third-order valence-corrected chi connectivity index (χ3v) is 7.53. The minimum atomic E-state index is -1.19. The summed E-state index contributed by atoms with van der Waals surface area (Å²) in [5, 5.41) is 11.6. The lowest BCUT2D eigenvalue weighted by atomic mass is 9.95. The zero-order valence-corrected chi connectivity index (χ0v) is 21.9. The Morgan fingerprint density at radius 1 is 1.22 bits per heavy atom. The molecule has 0 bridgehead atoms. The summed E-state index contributed by atoms with van der Waals surface area (Å²) >= 11 is 13.2. The van der Waals surface area contributed by atoms with Gasteiger partial charge in [-0.25, -0.2) is 14.2 Å². The average Bonchev–Trinajstić information content (AvgIpc) is 3.37. The Morgan fingerprint density at radius 3 is 2.59 bits per heavy atom. The fourth-order valence-corrected chi connectivity index (χ4v) is 5.09. The van der Waals surface area contributed by atoms with Crippen LogP contribution in [0.5, 0.6) is 0 Å². The first kappa shape index (κ1) is 26.5. The van der Waals surface area contributed by atoms with Gasteiger partial charge in [0.15, 0.2) is 5.13 Å². The first-order valence-electron chi connectivity index (χ1n) is 10.8. The summed E-state index contributed by atoms with van der Waals surface area (Å²) in [6.07, 6.45) is 1.41. The zero-order valence-electron chi connectivity index (χ0n) is 19.5. The molecule has 190 valence electrons. The first-order valence-corrected chi connectivity index (χ1v) is 12.4. The molecule has 1 atom stereocenters. The highest BCUT2D eigenvalue weighted by Crippen LogP contribution is 2.45. The van der Waals surface area contributed by atoms with E-state index in [1.165, 1.54) is 30.3 Å². The summed E-state index contributed by atoms with van der Waals surface area (Å²) in [5.41, 5.74) is 0.674. The number of thiazole rings is 1. The van der Waals surface area contributed by atoms with Crippen LogP contribution in [0.2, 0.25) is 10.0 Å². The van der Waals surface area contributed by atoms with E-state index in [0.29, 0.717) is 11.1 Å². The van der Waals surface area contributed by atoms with Crippen molar-refractivity contribution in [3.8, 4) is 0 Å². The van der Waals surface area contributed by atoms with Crippen LogP contribution in [0.15, 0.2) is 54.6 Å². The highest BCUT2D eigenvalue weighted by atomic mass is 35.5. The maximum absolute atomic E-state index is 14.3. The molecular formula is C26H19Cl2FN2O5S. The van der Waals surface area contributed by atoms with Crippen molar-refractivity contribution >= 4 is 63.1 Å². The Morgan fingerprint density at radius 2 is 1.95 bits per heavy atom. The summed E-state index contributed by atoms with van der Waals surface area (Å²) in [6.45, 7) is 6.59. The van der Waals surface area contributed by atoms with Crippen LogP contribution in [-0.2, 0) is 14.3 Å². The van der Waals surface area contributed by atoms with Crippen molar-refractivity contribution in [2.75, 3.05) is 11.5 Å². The molecule has 1 aliphatic heterocycles. The van der Waals surface area contributed by atoms with Gasteiger partial charge in [-0.15, -0.1) is 0 Å². The summed E-state index contributed by atoms with van der Waals surface area (Å²) < 4.78 is 19.4. The molecule has 1 fully saturated rings. The fraction of sp³-hybridized carbons (Fsp3) is 0.154. The normalized spacial score (nSPS) is 16.8. The van der Waals surface area contributed by atoms with Crippen LogP contribution < -0.4 is 4.90 Å². The van der Waals surface area contributed by atoms with Gasteiger partial charge in [0, 0.05) is 5.56 Å². The van der Waals surface area contributed by atoms with Crippen LogP contribution in [-0.4, -0.2) is 34.4 Å². The third kappa shape index (κ3) is 4.90. The molecule has 1 saturated heterocycles. The molecule has 0 spiro atoms. The second-order valence-electron chi connectivity index (χ2n) is 8.10. The van der Waals surface area contributed by atoms with Gasteiger partial charge in [0.25, 0.3) is 5.78 Å². The highest BCUT2D eigenvalue weighted by molar-refractivity contribution is 7.17. The number of carbonyl (C=O) groups excluding carboxylic acids is 3. The van der Waals surface area contributed by atoms with Gasteiger partial charge in [0.1, 0.15) is 23.1 Å². The van der Waals surface area contributed by atoms with Crippen molar-refractivity contribution in [2.45, 2.75) is 19.9 Å². The number of amides is 1. The van der Waals surface area contributed by atoms with Gasteiger partial charge in [-0.05, 0) is 43.2 Å². The van der Waals surface area contributed by atoms with Crippen LogP contribution >= 0.6 is 34.5 Å². The molecule has 1 aliphatic rings. The molecule has 7 nitrogen and oxygen atoms in total. The number of carbonyl (C=O) groups is 3. The van der Waals surface area contributed by atoms with Gasteiger partial charge in [0.2, 0.25) is 0 Å². The van der Waals surface area contributed by atoms with Crippen molar-refractivity contribution < 1.29 is 28.6 Å². The maximum Gasteiger partial charge on any atom is 0.350 e. The van der Waals surface area contributed by atoms with E-state index in [9.17, 15) is 23.9 Å². The van der Waals surface area contributed by atoms with Gasteiger partial charge in [-0.1, -0.05) is 65.4 Å². The number of anilines is 1. The van der Waals surface area contributed by atoms with E-state index in [2.05, 4.69) is 11.6 Å². The molecule has 1 unspecified atom stereocenters. The Bertz CT molecular complexity index is 1500. The van der Waals surface area contributed by atoms with E-state index in [4.69, 9.17) is 27.9 Å². The number of aliphatic hydroxyl groups is 1. The molecule has 1 aromatic heterocycles. The van der Waals surface area contributed by atoms with Gasteiger partial charge in [0.05, 0.1) is 27.4 Å². The number of rotatable bonds is 6. The molecule has 11 heteroatoms. The summed E-state index contributed by atoms with van der Waals surface area (Å²) in [6, 6.07) is 7.24. The first-order chi connectivity index (χ1) is 17.5. The standard InChI is InChI=1S/C26H19Cl2FN2O5S/c1-4-9-36-25(35)23-13(3)30-26(37-23)31-20(14-7-8-16(27)17(28)10-14)19(22(33)24(31)34)21(32)15-6-5-12(2)18(29)11-15/h4-8,10-11,20,32H,1,9H2,2-3H3/b21-19+. The second-order valence-corrected chi connectivity index (χ2v) is 9.90. The van der Waals surface area contributed by atoms with Crippen LogP contribution in [0.25, 0.3) is 5.76 Å². The monoisotopic (exact) mass is 560 g/mol. The SMILES string of the molecule is C=CCOC(=O)c1sc(N2C(=O)C(=O)/C(=C(/O)c3ccc(C)c(F)c3)C2c2ccc(Cl)c(Cl)c2)nc1C. The Balaban J connectivity index is 1.92. The molecule has 1 amide bonds. The summed E-state index contributed by atoms with van der Waals surface area (Å²) in [5.74, 6) is -3.85. The number of halogens is 3. The number of ketones is 1. The molecular weight excluding hydrogens is 542 g/mol. The van der Waals surface area contributed by atoms with E-state index in [-0.39, 0.29) is 43.5 Å². The van der Waals surface area contributed by atoms with Gasteiger partial charge < -0.3 is 9.84 Å².